The SMILES string of the molecule is C[C@]1(c2ccccc2)C[C@@H](Br)CN1Cc1ccccc1. The molecule has 2 heteroatoms. The lowest BCUT2D eigenvalue weighted by Crippen LogP contribution is -2.38. The van der Waals surface area contributed by atoms with Crippen molar-refractivity contribution in [3.05, 3.63) is 71.8 Å². The number of hydrogen-bond acceptors (Lipinski definition) is 1. The second kappa shape index (κ2) is 5.71. The molecule has 0 aromatic heterocycles. The third kappa shape index (κ3) is 2.68. The third-order valence-electron chi connectivity index (χ3n) is 4.35. The van der Waals surface area contributed by atoms with E-state index in [2.05, 4.69) is 88.4 Å². The van der Waals surface area contributed by atoms with Gasteiger partial charge in [0.05, 0.1) is 0 Å². The van der Waals surface area contributed by atoms with Crippen LogP contribution in [0.2, 0.25) is 0 Å². The average molecular weight is 330 g/mol. The Balaban J connectivity index is 1.89. The molecule has 0 unspecified atom stereocenters. The molecule has 1 fully saturated rings. The van der Waals surface area contributed by atoms with Crippen LogP contribution in [-0.2, 0) is 12.1 Å². The minimum Gasteiger partial charge on any atom is -0.288 e. The van der Waals surface area contributed by atoms with Crippen LogP contribution in [-0.4, -0.2) is 16.3 Å². The van der Waals surface area contributed by atoms with Crippen molar-refractivity contribution in [2.45, 2.75) is 30.3 Å². The van der Waals surface area contributed by atoms with Gasteiger partial charge in [-0.2, -0.15) is 0 Å². The highest BCUT2D eigenvalue weighted by Crippen LogP contribution is 2.41. The molecule has 20 heavy (non-hydrogen) atoms. The molecule has 0 N–H and O–H groups in total. The Hall–Kier alpha value is -1.12. The van der Waals surface area contributed by atoms with Gasteiger partial charge in [0.25, 0.3) is 0 Å². The molecule has 104 valence electrons. The van der Waals surface area contributed by atoms with Crippen molar-refractivity contribution < 1.29 is 0 Å². The number of hydrogen-bond donors (Lipinski definition) is 0. The minimum atomic E-state index is 0.116. The quantitative estimate of drug-likeness (QED) is 0.745. The number of likely N-dealkylation sites (tertiary alicyclic amines) is 1. The summed E-state index contributed by atoms with van der Waals surface area (Å²) in [6, 6.07) is 21.6. The molecule has 1 heterocycles. The fourth-order valence-electron chi connectivity index (χ4n) is 3.21. The maximum absolute atomic E-state index is 3.82. The molecule has 1 saturated heterocycles. The highest BCUT2D eigenvalue weighted by Gasteiger charge is 2.41. The molecule has 0 bridgehead atoms. The first-order chi connectivity index (χ1) is 9.68. The summed E-state index contributed by atoms with van der Waals surface area (Å²) in [5, 5.41) is 0. The van der Waals surface area contributed by atoms with E-state index in [1.807, 2.05) is 0 Å². The van der Waals surface area contributed by atoms with Crippen molar-refractivity contribution >= 4 is 15.9 Å². The summed E-state index contributed by atoms with van der Waals surface area (Å²) < 4.78 is 0. The zero-order chi connectivity index (χ0) is 14.0. The van der Waals surface area contributed by atoms with Gasteiger partial charge in [0, 0.05) is 23.5 Å². The lowest BCUT2D eigenvalue weighted by atomic mass is 9.89. The van der Waals surface area contributed by atoms with Gasteiger partial charge >= 0.3 is 0 Å². The van der Waals surface area contributed by atoms with Crippen molar-refractivity contribution in [3.8, 4) is 0 Å². The summed E-state index contributed by atoms with van der Waals surface area (Å²) in [6.45, 7) is 4.47. The van der Waals surface area contributed by atoms with Gasteiger partial charge in [-0.25, -0.2) is 0 Å². The summed E-state index contributed by atoms with van der Waals surface area (Å²) in [5.41, 5.74) is 2.92. The predicted octanol–water partition coefficient (Wildman–Crippen LogP) is 4.57. The van der Waals surface area contributed by atoms with E-state index in [4.69, 9.17) is 0 Å². The molecule has 0 amide bonds. The molecule has 1 aliphatic heterocycles. The second-order valence-electron chi connectivity index (χ2n) is 5.81. The monoisotopic (exact) mass is 329 g/mol. The summed E-state index contributed by atoms with van der Waals surface area (Å²) in [4.78, 5) is 3.16. The number of rotatable bonds is 3. The van der Waals surface area contributed by atoms with Crippen LogP contribution in [0.25, 0.3) is 0 Å². The van der Waals surface area contributed by atoms with Crippen molar-refractivity contribution in [1.82, 2.24) is 4.90 Å². The van der Waals surface area contributed by atoms with Gasteiger partial charge in [0.1, 0.15) is 0 Å². The molecule has 0 spiro atoms. The highest BCUT2D eigenvalue weighted by atomic mass is 79.9. The largest absolute Gasteiger partial charge is 0.288 e. The van der Waals surface area contributed by atoms with E-state index in [-0.39, 0.29) is 5.54 Å². The van der Waals surface area contributed by atoms with E-state index in [9.17, 15) is 0 Å². The first-order valence-corrected chi connectivity index (χ1v) is 8.08. The minimum absolute atomic E-state index is 0.116. The fraction of sp³-hybridized carbons (Fsp3) is 0.333. The first kappa shape index (κ1) is 13.8. The second-order valence-corrected chi connectivity index (χ2v) is 7.10. The Bertz CT molecular complexity index is 554. The lowest BCUT2D eigenvalue weighted by molar-refractivity contribution is 0.147. The Labute approximate surface area is 129 Å². The maximum atomic E-state index is 3.82. The van der Waals surface area contributed by atoms with E-state index < -0.39 is 0 Å². The Morgan fingerprint density at radius 1 is 1.05 bits per heavy atom. The van der Waals surface area contributed by atoms with Crippen LogP contribution >= 0.6 is 15.9 Å². The van der Waals surface area contributed by atoms with Crippen LogP contribution in [0.5, 0.6) is 0 Å². The summed E-state index contributed by atoms with van der Waals surface area (Å²) >= 11 is 3.82. The van der Waals surface area contributed by atoms with Crippen LogP contribution in [0.1, 0.15) is 24.5 Å². The molecule has 3 rings (SSSR count). The van der Waals surface area contributed by atoms with Crippen LogP contribution in [0.3, 0.4) is 0 Å². The van der Waals surface area contributed by atoms with Crippen molar-refractivity contribution in [1.29, 1.82) is 0 Å². The predicted molar refractivity (Wildman–Crippen MR) is 88.0 cm³/mol. The normalized spacial score (nSPS) is 26.8. The van der Waals surface area contributed by atoms with Gasteiger partial charge < -0.3 is 0 Å². The van der Waals surface area contributed by atoms with E-state index in [0.717, 1.165) is 19.5 Å². The third-order valence-corrected chi connectivity index (χ3v) is 4.96. The molecule has 2 atom stereocenters. The topological polar surface area (TPSA) is 3.24 Å². The van der Waals surface area contributed by atoms with E-state index in [0.29, 0.717) is 4.83 Å². The molecular weight excluding hydrogens is 310 g/mol. The number of nitrogens with zero attached hydrogens (tertiary/aromatic N) is 1. The Morgan fingerprint density at radius 3 is 2.30 bits per heavy atom. The van der Waals surface area contributed by atoms with E-state index in [1.54, 1.807) is 0 Å². The van der Waals surface area contributed by atoms with Crippen LogP contribution in [0.15, 0.2) is 60.7 Å². The van der Waals surface area contributed by atoms with Gasteiger partial charge in [-0.3, -0.25) is 4.90 Å². The number of alkyl halides is 1. The highest BCUT2D eigenvalue weighted by molar-refractivity contribution is 9.09. The molecule has 0 aliphatic carbocycles. The summed E-state index contributed by atoms with van der Waals surface area (Å²) in [6.07, 6.45) is 1.16. The van der Waals surface area contributed by atoms with Gasteiger partial charge in [-0.05, 0) is 24.5 Å². The molecule has 0 saturated carbocycles. The van der Waals surface area contributed by atoms with Gasteiger partial charge in [0.15, 0.2) is 0 Å². The molecule has 0 radical (unpaired) electrons. The van der Waals surface area contributed by atoms with Gasteiger partial charge in [0.2, 0.25) is 0 Å². The molecule has 1 nitrogen and oxygen atoms in total. The van der Waals surface area contributed by atoms with Crippen LogP contribution in [0, 0.1) is 0 Å². The zero-order valence-corrected chi connectivity index (χ0v) is 13.4. The molecule has 2 aromatic rings. The average Bonchev–Trinajstić information content (AvgIpc) is 2.76. The first-order valence-electron chi connectivity index (χ1n) is 7.17. The summed E-state index contributed by atoms with van der Waals surface area (Å²) in [5.74, 6) is 0. The molecule has 1 aliphatic rings. The lowest BCUT2D eigenvalue weighted by Gasteiger charge is -2.35. The van der Waals surface area contributed by atoms with Crippen molar-refractivity contribution in [2.75, 3.05) is 6.54 Å². The Kier molecular flexibility index (Phi) is 3.95. The molecular formula is C18H20BrN. The molecule has 2 aromatic carbocycles. The number of benzene rings is 2. The zero-order valence-electron chi connectivity index (χ0n) is 11.8. The Morgan fingerprint density at radius 2 is 1.65 bits per heavy atom. The van der Waals surface area contributed by atoms with Crippen molar-refractivity contribution in [2.24, 2.45) is 0 Å². The van der Waals surface area contributed by atoms with Crippen molar-refractivity contribution in [3.63, 3.8) is 0 Å². The van der Waals surface area contributed by atoms with E-state index >= 15 is 0 Å². The van der Waals surface area contributed by atoms with Crippen LogP contribution < -0.4 is 0 Å². The number of halogens is 1. The van der Waals surface area contributed by atoms with E-state index in [1.165, 1.54) is 11.1 Å². The van der Waals surface area contributed by atoms with Gasteiger partial charge in [-0.1, -0.05) is 76.6 Å². The summed E-state index contributed by atoms with van der Waals surface area (Å²) in [7, 11) is 0. The smallest absolute Gasteiger partial charge is 0.0447 e. The fourth-order valence-corrected chi connectivity index (χ4v) is 4.19. The van der Waals surface area contributed by atoms with Crippen LogP contribution in [0.4, 0.5) is 0 Å². The standard InChI is InChI=1S/C18H20BrN/c1-18(16-10-6-3-7-11-16)12-17(19)14-20(18)13-15-8-4-2-5-9-15/h2-11,17H,12-14H2,1H3/t17-,18-/m1/s1. The maximum Gasteiger partial charge on any atom is 0.0447 e. The van der Waals surface area contributed by atoms with Gasteiger partial charge in [-0.15, -0.1) is 0 Å².